The van der Waals surface area contributed by atoms with Gasteiger partial charge in [-0.15, -0.1) is 0 Å². The first kappa shape index (κ1) is 25.6. The molecule has 0 radical (unpaired) electrons. The van der Waals surface area contributed by atoms with Crippen LogP contribution in [0.1, 0.15) is 75.8 Å². The third-order valence-corrected chi connectivity index (χ3v) is 9.04. The van der Waals surface area contributed by atoms with E-state index in [9.17, 15) is 0 Å². The quantitative estimate of drug-likeness (QED) is 0.221. The van der Waals surface area contributed by atoms with Crippen molar-refractivity contribution in [1.82, 2.24) is 0 Å². The summed E-state index contributed by atoms with van der Waals surface area (Å²) >= 11 is 0. The lowest BCUT2D eigenvalue weighted by molar-refractivity contribution is 0.742. The second kappa shape index (κ2) is 9.83. The molecule has 0 fully saturated rings. The van der Waals surface area contributed by atoms with Crippen molar-refractivity contribution < 1.29 is 0 Å². The van der Waals surface area contributed by atoms with Crippen LogP contribution >= 0.6 is 0 Å². The molecule has 0 amide bonds. The van der Waals surface area contributed by atoms with Gasteiger partial charge in [0.1, 0.15) is 0 Å². The Labute approximate surface area is 235 Å². The monoisotopic (exact) mass is 508 g/mol. The second-order valence-corrected chi connectivity index (χ2v) is 12.0. The highest BCUT2D eigenvalue weighted by Crippen LogP contribution is 2.49. The third kappa shape index (κ3) is 4.31. The van der Waals surface area contributed by atoms with E-state index in [4.69, 9.17) is 0 Å². The lowest BCUT2D eigenvalue weighted by Crippen LogP contribution is -2.08. The highest BCUT2D eigenvalue weighted by Gasteiger charge is 2.30. The first-order chi connectivity index (χ1) is 18.8. The van der Waals surface area contributed by atoms with E-state index >= 15 is 0 Å². The van der Waals surface area contributed by atoms with Gasteiger partial charge in [0.2, 0.25) is 0 Å². The molecule has 0 aromatic heterocycles. The molecule has 0 nitrogen and oxygen atoms in total. The van der Waals surface area contributed by atoms with Crippen LogP contribution in [0.3, 0.4) is 0 Å². The predicted octanol–water partition coefficient (Wildman–Crippen LogP) is 10.8. The van der Waals surface area contributed by atoms with Crippen molar-refractivity contribution in [2.24, 2.45) is 0 Å². The molecule has 39 heavy (non-hydrogen) atoms. The SMILES string of the molecule is CCC(C1=CC=CC1)c1c(-c2c(C)cc(C)cc2C)ccc2c1Cc1cc(-c3c(C)cc(C)cc3C)ccc1-2. The topological polar surface area (TPSA) is 0 Å². The minimum absolute atomic E-state index is 0.431. The van der Waals surface area contributed by atoms with E-state index < -0.39 is 0 Å². The number of benzene rings is 4. The summed E-state index contributed by atoms with van der Waals surface area (Å²) in [6.45, 7) is 15.9. The number of fused-ring (bicyclic) bond motifs is 3. The molecule has 0 saturated carbocycles. The van der Waals surface area contributed by atoms with Crippen molar-refractivity contribution in [2.75, 3.05) is 0 Å². The van der Waals surface area contributed by atoms with Gasteiger partial charge < -0.3 is 0 Å². The van der Waals surface area contributed by atoms with Gasteiger partial charge in [-0.2, -0.15) is 0 Å². The van der Waals surface area contributed by atoms with Crippen molar-refractivity contribution in [3.63, 3.8) is 0 Å². The van der Waals surface area contributed by atoms with Crippen molar-refractivity contribution >= 4 is 0 Å². The third-order valence-electron chi connectivity index (χ3n) is 9.04. The van der Waals surface area contributed by atoms with Gasteiger partial charge in [-0.05, 0) is 133 Å². The smallest absolute Gasteiger partial charge is 0.00610 e. The maximum atomic E-state index is 2.48. The van der Waals surface area contributed by atoms with Crippen LogP contribution < -0.4 is 0 Å². The maximum absolute atomic E-state index is 2.48. The van der Waals surface area contributed by atoms with E-state index in [2.05, 4.69) is 121 Å². The van der Waals surface area contributed by atoms with Crippen LogP contribution in [-0.2, 0) is 6.42 Å². The lowest BCUT2D eigenvalue weighted by atomic mass is 9.78. The van der Waals surface area contributed by atoms with Crippen LogP contribution in [0.4, 0.5) is 0 Å². The van der Waals surface area contributed by atoms with Gasteiger partial charge in [0.05, 0.1) is 0 Å². The summed E-state index contributed by atoms with van der Waals surface area (Å²) in [5.74, 6) is 0.431. The molecule has 0 spiro atoms. The Bertz CT molecular complexity index is 1640. The predicted molar refractivity (Wildman–Crippen MR) is 169 cm³/mol. The van der Waals surface area contributed by atoms with E-state index in [1.54, 1.807) is 11.1 Å². The Balaban J connectivity index is 1.55. The maximum Gasteiger partial charge on any atom is 0.00610 e. The molecular weight excluding hydrogens is 468 g/mol. The van der Waals surface area contributed by atoms with Crippen LogP contribution in [0.15, 0.2) is 78.4 Å². The van der Waals surface area contributed by atoms with Gasteiger partial charge in [0.15, 0.2) is 0 Å². The zero-order chi connectivity index (χ0) is 27.4. The average Bonchev–Trinajstić information content (AvgIpc) is 3.52. The molecule has 0 heterocycles. The minimum Gasteiger partial charge on any atom is -0.0804 e. The Morgan fingerprint density at radius 3 is 1.85 bits per heavy atom. The number of allylic oxidation sites excluding steroid dienone is 4. The zero-order valence-corrected chi connectivity index (χ0v) is 24.6. The molecule has 6 rings (SSSR count). The van der Waals surface area contributed by atoms with Crippen LogP contribution in [0.5, 0.6) is 0 Å². The normalized spacial score (nSPS) is 14.4. The molecule has 0 aliphatic heterocycles. The molecule has 0 N–H and O–H groups in total. The highest BCUT2D eigenvalue weighted by atomic mass is 14.3. The largest absolute Gasteiger partial charge is 0.0804 e. The van der Waals surface area contributed by atoms with E-state index in [1.165, 1.54) is 77.9 Å². The van der Waals surface area contributed by atoms with Gasteiger partial charge in [-0.3, -0.25) is 0 Å². The van der Waals surface area contributed by atoms with Crippen LogP contribution in [-0.4, -0.2) is 0 Å². The van der Waals surface area contributed by atoms with Crippen molar-refractivity contribution in [2.45, 2.75) is 73.6 Å². The molecule has 0 heteroatoms. The van der Waals surface area contributed by atoms with Crippen LogP contribution in [0, 0.1) is 41.5 Å². The Kier molecular flexibility index (Phi) is 6.46. The fourth-order valence-electron chi connectivity index (χ4n) is 7.69. The Morgan fingerprint density at radius 1 is 0.667 bits per heavy atom. The molecule has 0 saturated heterocycles. The summed E-state index contributed by atoms with van der Waals surface area (Å²) in [6.07, 6.45) is 10.1. The fraction of sp³-hybridized carbons (Fsp3) is 0.282. The number of hydrogen-bond donors (Lipinski definition) is 0. The van der Waals surface area contributed by atoms with Gasteiger partial charge in [0, 0.05) is 5.92 Å². The molecule has 2 aliphatic carbocycles. The minimum atomic E-state index is 0.431. The van der Waals surface area contributed by atoms with Gasteiger partial charge >= 0.3 is 0 Å². The zero-order valence-electron chi connectivity index (χ0n) is 24.6. The number of rotatable bonds is 5. The fourth-order valence-corrected chi connectivity index (χ4v) is 7.69. The number of hydrogen-bond acceptors (Lipinski definition) is 0. The molecule has 1 atom stereocenters. The highest BCUT2D eigenvalue weighted by molar-refractivity contribution is 5.87. The first-order valence-corrected chi connectivity index (χ1v) is 14.6. The standard InChI is InChI=1S/C39H40/c1-8-32(29-11-9-10-12-29)39-35(38-27(6)19-24(3)20-28(38)7)16-15-34-33-14-13-30(21-31(33)22-36(34)39)37-25(4)17-23(2)18-26(37)5/h9-11,13-21,32H,8,12,22H2,1-7H3. The Morgan fingerprint density at radius 2 is 1.26 bits per heavy atom. The molecule has 2 aliphatic rings. The summed E-state index contributed by atoms with van der Waals surface area (Å²) in [5.41, 5.74) is 22.7. The molecular formula is C39H40. The molecule has 196 valence electrons. The summed E-state index contributed by atoms with van der Waals surface area (Å²) in [6, 6.07) is 21.4. The summed E-state index contributed by atoms with van der Waals surface area (Å²) < 4.78 is 0. The van der Waals surface area contributed by atoms with Gasteiger partial charge in [-0.1, -0.05) is 96.4 Å². The lowest BCUT2D eigenvalue weighted by Gasteiger charge is -2.26. The van der Waals surface area contributed by atoms with Crippen molar-refractivity contribution in [3.8, 4) is 33.4 Å². The summed E-state index contributed by atoms with van der Waals surface area (Å²) in [7, 11) is 0. The number of aryl methyl sites for hydroxylation is 6. The molecule has 1 unspecified atom stereocenters. The second-order valence-electron chi connectivity index (χ2n) is 12.0. The Hall–Kier alpha value is -3.64. The average molecular weight is 509 g/mol. The first-order valence-electron chi connectivity index (χ1n) is 14.6. The van der Waals surface area contributed by atoms with Crippen molar-refractivity contribution in [1.29, 1.82) is 0 Å². The van der Waals surface area contributed by atoms with Crippen LogP contribution in [0.25, 0.3) is 33.4 Å². The van der Waals surface area contributed by atoms with E-state index in [0.29, 0.717) is 5.92 Å². The summed E-state index contributed by atoms with van der Waals surface area (Å²) in [5, 5.41) is 0. The molecule has 0 bridgehead atoms. The summed E-state index contributed by atoms with van der Waals surface area (Å²) in [4.78, 5) is 0. The molecule has 4 aromatic carbocycles. The molecule has 4 aromatic rings. The van der Waals surface area contributed by atoms with E-state index in [1.807, 2.05) is 0 Å². The van der Waals surface area contributed by atoms with Gasteiger partial charge in [-0.25, -0.2) is 0 Å². The van der Waals surface area contributed by atoms with Crippen molar-refractivity contribution in [3.05, 3.63) is 128 Å². The van der Waals surface area contributed by atoms with Gasteiger partial charge in [0.25, 0.3) is 0 Å². The van der Waals surface area contributed by atoms with E-state index in [0.717, 1.165) is 19.3 Å². The van der Waals surface area contributed by atoms with E-state index in [-0.39, 0.29) is 0 Å². The van der Waals surface area contributed by atoms with Crippen LogP contribution in [0.2, 0.25) is 0 Å².